The van der Waals surface area contributed by atoms with Crippen molar-refractivity contribution in [1.29, 1.82) is 0 Å². The van der Waals surface area contributed by atoms with E-state index in [0.717, 1.165) is 10.3 Å². The summed E-state index contributed by atoms with van der Waals surface area (Å²) in [6.07, 6.45) is 3.74. The number of hydrogen-bond acceptors (Lipinski definition) is 2. The maximum Gasteiger partial charge on any atom is 0.261 e. The number of thiophene rings is 1. The van der Waals surface area contributed by atoms with Crippen molar-refractivity contribution < 1.29 is 4.79 Å². The minimum Gasteiger partial charge on any atom is -0.348 e. The van der Waals surface area contributed by atoms with Gasteiger partial charge in [-0.05, 0) is 42.2 Å². The second kappa shape index (κ2) is 5.57. The van der Waals surface area contributed by atoms with Crippen LogP contribution in [0.4, 0.5) is 0 Å². The zero-order chi connectivity index (χ0) is 14.1. The van der Waals surface area contributed by atoms with Crippen molar-refractivity contribution in [2.45, 2.75) is 39.2 Å². The topological polar surface area (TPSA) is 29.1 Å². The molecule has 3 heteroatoms. The van der Waals surface area contributed by atoms with Gasteiger partial charge in [-0.15, -0.1) is 11.3 Å². The van der Waals surface area contributed by atoms with E-state index in [2.05, 4.69) is 31.3 Å². The van der Waals surface area contributed by atoms with Crippen LogP contribution < -0.4 is 5.32 Å². The molecule has 2 aromatic rings. The van der Waals surface area contributed by atoms with Crippen molar-refractivity contribution in [3.63, 3.8) is 0 Å². The van der Waals surface area contributed by atoms with Crippen LogP contribution in [0.3, 0.4) is 0 Å². The van der Waals surface area contributed by atoms with Gasteiger partial charge >= 0.3 is 0 Å². The fraction of sp³-hybridized carbons (Fsp3) is 0.471. The van der Waals surface area contributed by atoms with E-state index < -0.39 is 0 Å². The van der Waals surface area contributed by atoms with E-state index in [1.807, 2.05) is 18.2 Å². The number of fused-ring (bicyclic) bond motifs is 1. The maximum atomic E-state index is 12.5. The highest BCUT2D eigenvalue weighted by Gasteiger charge is 2.29. The molecular weight excluding hydrogens is 266 g/mol. The predicted molar refractivity (Wildman–Crippen MR) is 85.3 cm³/mol. The average molecular weight is 287 g/mol. The highest BCUT2D eigenvalue weighted by atomic mass is 32.1. The Bertz CT molecular complexity index is 575. The van der Waals surface area contributed by atoms with E-state index in [1.165, 1.54) is 24.0 Å². The average Bonchev–Trinajstić information content (AvgIpc) is 2.87. The monoisotopic (exact) mass is 287 g/mol. The van der Waals surface area contributed by atoms with Gasteiger partial charge in [0.2, 0.25) is 0 Å². The molecular formula is C17H21NOS. The summed E-state index contributed by atoms with van der Waals surface area (Å²) in [4.78, 5) is 13.3. The lowest BCUT2D eigenvalue weighted by molar-refractivity contribution is 0.0884. The fourth-order valence-electron chi connectivity index (χ4n) is 3.28. The van der Waals surface area contributed by atoms with Crippen LogP contribution in [0.25, 0.3) is 10.1 Å². The summed E-state index contributed by atoms with van der Waals surface area (Å²) in [7, 11) is 0. The van der Waals surface area contributed by atoms with Crippen molar-refractivity contribution >= 4 is 27.3 Å². The molecule has 1 saturated carbocycles. The van der Waals surface area contributed by atoms with Gasteiger partial charge in [0, 0.05) is 10.7 Å². The quantitative estimate of drug-likeness (QED) is 0.868. The zero-order valence-electron chi connectivity index (χ0n) is 12.1. The number of nitrogens with one attached hydrogen (secondary N) is 1. The normalized spacial score (nSPS) is 26.6. The smallest absolute Gasteiger partial charge is 0.261 e. The molecule has 20 heavy (non-hydrogen) atoms. The summed E-state index contributed by atoms with van der Waals surface area (Å²) in [6, 6.07) is 10.5. The highest BCUT2D eigenvalue weighted by molar-refractivity contribution is 7.20. The molecule has 1 aromatic carbocycles. The lowest BCUT2D eigenvalue weighted by Gasteiger charge is -2.35. The molecule has 0 bridgehead atoms. The van der Waals surface area contributed by atoms with Crippen molar-refractivity contribution in [3.05, 3.63) is 35.2 Å². The molecule has 1 aliphatic carbocycles. The Morgan fingerprint density at radius 2 is 1.90 bits per heavy atom. The van der Waals surface area contributed by atoms with Gasteiger partial charge in [-0.1, -0.05) is 38.5 Å². The number of benzene rings is 1. The summed E-state index contributed by atoms with van der Waals surface area (Å²) in [5, 5.41) is 4.43. The number of carbonyl (C=O) groups is 1. The van der Waals surface area contributed by atoms with E-state index in [-0.39, 0.29) is 5.91 Å². The van der Waals surface area contributed by atoms with Crippen LogP contribution in [0.2, 0.25) is 0 Å². The van der Waals surface area contributed by atoms with Crippen molar-refractivity contribution in [2.75, 3.05) is 0 Å². The van der Waals surface area contributed by atoms with Crippen LogP contribution in [0.1, 0.15) is 42.8 Å². The first-order chi connectivity index (χ1) is 9.65. The van der Waals surface area contributed by atoms with Crippen LogP contribution in [0.15, 0.2) is 30.3 Å². The molecule has 1 aliphatic rings. The number of rotatable bonds is 2. The molecule has 3 rings (SSSR count). The highest BCUT2D eigenvalue weighted by Crippen LogP contribution is 2.30. The lowest BCUT2D eigenvalue weighted by atomic mass is 9.79. The molecule has 2 atom stereocenters. The minimum atomic E-state index is 0.0943. The van der Waals surface area contributed by atoms with E-state index in [1.54, 1.807) is 11.3 Å². The Hall–Kier alpha value is -1.35. The van der Waals surface area contributed by atoms with E-state index >= 15 is 0 Å². The molecule has 106 valence electrons. The van der Waals surface area contributed by atoms with Crippen molar-refractivity contribution in [1.82, 2.24) is 5.32 Å². The van der Waals surface area contributed by atoms with Gasteiger partial charge in [0.1, 0.15) is 0 Å². The van der Waals surface area contributed by atoms with Gasteiger partial charge in [-0.3, -0.25) is 4.79 Å². The van der Waals surface area contributed by atoms with Gasteiger partial charge in [-0.25, -0.2) is 0 Å². The third-order valence-electron chi connectivity index (χ3n) is 4.49. The zero-order valence-corrected chi connectivity index (χ0v) is 12.9. The van der Waals surface area contributed by atoms with Crippen LogP contribution in [-0.4, -0.2) is 11.9 Å². The van der Waals surface area contributed by atoms with E-state index in [0.29, 0.717) is 17.9 Å². The Morgan fingerprint density at radius 1 is 1.20 bits per heavy atom. The second-order valence-electron chi connectivity index (χ2n) is 6.03. The number of hydrogen-bond donors (Lipinski definition) is 1. The largest absolute Gasteiger partial charge is 0.348 e. The first-order valence-corrected chi connectivity index (χ1v) is 8.26. The fourth-order valence-corrected chi connectivity index (χ4v) is 4.25. The van der Waals surface area contributed by atoms with Crippen LogP contribution >= 0.6 is 11.3 Å². The first-order valence-electron chi connectivity index (χ1n) is 7.44. The van der Waals surface area contributed by atoms with Gasteiger partial charge < -0.3 is 5.32 Å². The van der Waals surface area contributed by atoms with Crippen molar-refractivity contribution in [2.24, 2.45) is 11.8 Å². The summed E-state index contributed by atoms with van der Waals surface area (Å²) < 4.78 is 1.18. The molecule has 1 amide bonds. The summed E-state index contributed by atoms with van der Waals surface area (Å²) in [5.41, 5.74) is 0. The summed E-state index contributed by atoms with van der Waals surface area (Å²) in [6.45, 7) is 4.51. The summed E-state index contributed by atoms with van der Waals surface area (Å²) >= 11 is 1.58. The maximum absolute atomic E-state index is 12.5. The Balaban J connectivity index is 1.78. The molecule has 0 aliphatic heterocycles. The molecule has 1 heterocycles. The van der Waals surface area contributed by atoms with E-state index in [9.17, 15) is 4.79 Å². The van der Waals surface area contributed by atoms with Crippen LogP contribution in [0.5, 0.6) is 0 Å². The minimum absolute atomic E-state index is 0.0943. The molecule has 0 saturated heterocycles. The predicted octanol–water partition coefficient (Wildman–Crippen LogP) is 4.46. The van der Waals surface area contributed by atoms with Crippen molar-refractivity contribution in [3.8, 4) is 0 Å². The van der Waals surface area contributed by atoms with Gasteiger partial charge in [0.05, 0.1) is 4.88 Å². The van der Waals surface area contributed by atoms with Crippen LogP contribution in [-0.2, 0) is 0 Å². The molecule has 2 nitrogen and oxygen atoms in total. The SMILES string of the molecule is CC1CCCC(C)C1NC(=O)c1cc2ccccc2s1. The Morgan fingerprint density at radius 3 is 2.60 bits per heavy atom. The molecule has 2 unspecified atom stereocenters. The molecule has 0 spiro atoms. The first kappa shape index (κ1) is 13.6. The number of carbonyl (C=O) groups excluding carboxylic acids is 1. The molecule has 1 aromatic heterocycles. The van der Waals surface area contributed by atoms with Gasteiger partial charge in [0.25, 0.3) is 5.91 Å². The standard InChI is InChI=1S/C17H21NOS/c1-11-6-5-7-12(2)16(11)18-17(19)15-10-13-8-3-4-9-14(13)20-15/h3-4,8-12,16H,5-7H2,1-2H3,(H,18,19). The Labute approximate surface area is 124 Å². The van der Waals surface area contributed by atoms with Gasteiger partial charge in [-0.2, -0.15) is 0 Å². The van der Waals surface area contributed by atoms with Gasteiger partial charge in [0.15, 0.2) is 0 Å². The summed E-state index contributed by atoms with van der Waals surface area (Å²) in [5.74, 6) is 1.26. The second-order valence-corrected chi connectivity index (χ2v) is 7.12. The molecule has 1 N–H and O–H groups in total. The Kier molecular flexibility index (Phi) is 3.79. The molecule has 0 radical (unpaired) electrons. The molecule has 1 fully saturated rings. The lowest BCUT2D eigenvalue weighted by Crippen LogP contribution is -2.45. The van der Waals surface area contributed by atoms with Crippen LogP contribution in [0, 0.1) is 11.8 Å². The number of amides is 1. The third-order valence-corrected chi connectivity index (χ3v) is 5.61. The van der Waals surface area contributed by atoms with E-state index in [4.69, 9.17) is 0 Å². The third kappa shape index (κ3) is 2.59.